The first kappa shape index (κ1) is 18.6. The summed E-state index contributed by atoms with van der Waals surface area (Å²) in [6, 6.07) is 11.4. The van der Waals surface area contributed by atoms with Crippen molar-refractivity contribution in [2.45, 2.75) is 34.2 Å². The zero-order valence-corrected chi connectivity index (χ0v) is 16.0. The molecule has 0 aliphatic rings. The molecule has 6 heteroatoms. The summed E-state index contributed by atoms with van der Waals surface area (Å²) in [5.74, 6) is -0.753. The summed E-state index contributed by atoms with van der Waals surface area (Å²) in [7, 11) is 0. The molecule has 0 amide bonds. The molecule has 0 saturated heterocycles. The largest absolute Gasteiger partial charge is 0.454 e. The van der Waals surface area contributed by atoms with Crippen molar-refractivity contribution in [1.29, 1.82) is 0 Å². The minimum Gasteiger partial charge on any atom is -0.454 e. The molecule has 6 nitrogen and oxygen atoms in total. The molecule has 0 aliphatic carbocycles. The SMILES string of the molecule is CCn1c(C)cc(C(=O)COC(=O)c2cnn(-c3ccccc3)c2C)c1C. The lowest BCUT2D eigenvalue weighted by Crippen LogP contribution is -2.15. The molecule has 1 aromatic carbocycles. The summed E-state index contributed by atoms with van der Waals surface area (Å²) in [5, 5.41) is 4.26. The van der Waals surface area contributed by atoms with Gasteiger partial charge in [0, 0.05) is 23.5 Å². The lowest BCUT2D eigenvalue weighted by atomic mass is 10.1. The number of carbonyl (C=O) groups is 2. The summed E-state index contributed by atoms with van der Waals surface area (Å²) >= 11 is 0. The van der Waals surface area contributed by atoms with Gasteiger partial charge in [-0.3, -0.25) is 4.79 Å². The summed E-state index contributed by atoms with van der Waals surface area (Å²) in [6.07, 6.45) is 1.47. The maximum atomic E-state index is 12.5. The molecule has 0 aliphatic heterocycles. The van der Waals surface area contributed by atoms with Crippen LogP contribution in [0.5, 0.6) is 0 Å². The molecular formula is C21H23N3O3. The van der Waals surface area contributed by atoms with E-state index in [9.17, 15) is 9.59 Å². The Morgan fingerprint density at radius 3 is 2.37 bits per heavy atom. The summed E-state index contributed by atoms with van der Waals surface area (Å²) in [5.41, 5.74) is 4.39. The standard InChI is InChI=1S/C21H23N3O3/c1-5-23-14(2)11-18(15(23)3)20(25)13-27-21(26)19-12-22-24(16(19)4)17-9-7-6-8-10-17/h6-12H,5,13H2,1-4H3. The molecule has 2 aromatic heterocycles. The molecule has 0 saturated carbocycles. The summed E-state index contributed by atoms with van der Waals surface area (Å²) in [6.45, 7) is 8.19. The Morgan fingerprint density at radius 1 is 1.04 bits per heavy atom. The highest BCUT2D eigenvalue weighted by atomic mass is 16.5. The third kappa shape index (κ3) is 3.56. The van der Waals surface area contributed by atoms with Crippen molar-refractivity contribution in [2.24, 2.45) is 0 Å². The molecule has 3 rings (SSSR count). The molecule has 140 valence electrons. The smallest absolute Gasteiger partial charge is 0.342 e. The molecule has 0 N–H and O–H groups in total. The number of esters is 1. The monoisotopic (exact) mass is 365 g/mol. The van der Waals surface area contributed by atoms with Gasteiger partial charge >= 0.3 is 5.97 Å². The van der Waals surface area contributed by atoms with Gasteiger partial charge in [0.05, 0.1) is 17.6 Å². The van der Waals surface area contributed by atoms with E-state index in [0.29, 0.717) is 16.8 Å². The van der Waals surface area contributed by atoms with Crippen LogP contribution in [0.1, 0.15) is 44.7 Å². The highest BCUT2D eigenvalue weighted by Crippen LogP contribution is 2.17. The third-order valence-corrected chi connectivity index (χ3v) is 4.76. The van der Waals surface area contributed by atoms with Crippen LogP contribution in [0.4, 0.5) is 0 Å². The topological polar surface area (TPSA) is 66.1 Å². The fourth-order valence-electron chi connectivity index (χ4n) is 3.30. The Kier molecular flexibility index (Phi) is 5.26. The quantitative estimate of drug-likeness (QED) is 0.494. The Labute approximate surface area is 158 Å². The second-order valence-corrected chi connectivity index (χ2v) is 6.42. The lowest BCUT2D eigenvalue weighted by molar-refractivity contribution is 0.0473. The Morgan fingerprint density at radius 2 is 1.74 bits per heavy atom. The van der Waals surface area contributed by atoms with Crippen LogP contribution in [0.25, 0.3) is 5.69 Å². The first-order chi connectivity index (χ1) is 12.9. The van der Waals surface area contributed by atoms with Crippen LogP contribution in [0, 0.1) is 20.8 Å². The number of nitrogens with zero attached hydrogens (tertiary/aromatic N) is 3. The van der Waals surface area contributed by atoms with Crippen molar-refractivity contribution in [2.75, 3.05) is 6.61 Å². The van der Waals surface area contributed by atoms with Crippen molar-refractivity contribution < 1.29 is 14.3 Å². The van der Waals surface area contributed by atoms with Crippen LogP contribution in [-0.2, 0) is 11.3 Å². The van der Waals surface area contributed by atoms with Crippen LogP contribution in [0.2, 0.25) is 0 Å². The number of ether oxygens (including phenoxy) is 1. The molecule has 2 heterocycles. The van der Waals surface area contributed by atoms with Gasteiger partial charge in [0.25, 0.3) is 0 Å². The van der Waals surface area contributed by atoms with Gasteiger partial charge in [0.1, 0.15) is 5.56 Å². The Balaban J connectivity index is 1.72. The van der Waals surface area contributed by atoms with E-state index in [-0.39, 0.29) is 12.4 Å². The molecule has 27 heavy (non-hydrogen) atoms. The van der Waals surface area contributed by atoms with E-state index in [4.69, 9.17) is 4.74 Å². The second-order valence-electron chi connectivity index (χ2n) is 6.42. The maximum Gasteiger partial charge on any atom is 0.342 e. The molecule has 0 atom stereocenters. The number of rotatable bonds is 6. The van der Waals surface area contributed by atoms with Crippen molar-refractivity contribution in [3.63, 3.8) is 0 Å². The zero-order valence-electron chi connectivity index (χ0n) is 16.0. The minimum absolute atomic E-state index is 0.204. The molecule has 0 radical (unpaired) electrons. The maximum absolute atomic E-state index is 12.5. The van der Waals surface area contributed by atoms with Crippen molar-refractivity contribution in [1.82, 2.24) is 14.3 Å². The molecule has 0 spiro atoms. The van der Waals surface area contributed by atoms with E-state index in [1.807, 2.05) is 57.2 Å². The highest BCUT2D eigenvalue weighted by molar-refractivity contribution is 6.00. The first-order valence-corrected chi connectivity index (χ1v) is 8.91. The van der Waals surface area contributed by atoms with Gasteiger partial charge in [-0.25, -0.2) is 9.48 Å². The number of para-hydroxylation sites is 1. The highest BCUT2D eigenvalue weighted by Gasteiger charge is 2.20. The number of aryl methyl sites for hydroxylation is 1. The van der Waals surface area contributed by atoms with Gasteiger partial charge in [0.15, 0.2) is 6.61 Å². The number of hydrogen-bond donors (Lipinski definition) is 0. The first-order valence-electron chi connectivity index (χ1n) is 8.91. The summed E-state index contributed by atoms with van der Waals surface area (Å²) in [4.78, 5) is 24.9. The van der Waals surface area contributed by atoms with Crippen molar-refractivity contribution >= 4 is 11.8 Å². The lowest BCUT2D eigenvalue weighted by Gasteiger charge is -2.07. The Bertz CT molecular complexity index is 984. The van der Waals surface area contributed by atoms with Gasteiger partial charge in [-0.05, 0) is 45.9 Å². The number of carbonyl (C=O) groups excluding carboxylic acids is 2. The average Bonchev–Trinajstić information content (AvgIpc) is 3.19. The predicted molar refractivity (Wildman–Crippen MR) is 102 cm³/mol. The van der Waals surface area contributed by atoms with E-state index in [1.54, 1.807) is 11.6 Å². The van der Waals surface area contributed by atoms with Gasteiger partial charge in [-0.2, -0.15) is 5.10 Å². The van der Waals surface area contributed by atoms with Crippen LogP contribution in [0.3, 0.4) is 0 Å². The molecule has 0 bridgehead atoms. The van der Waals surface area contributed by atoms with Gasteiger partial charge in [0.2, 0.25) is 5.78 Å². The van der Waals surface area contributed by atoms with Crippen molar-refractivity contribution in [3.8, 4) is 5.69 Å². The predicted octanol–water partition coefficient (Wildman–Crippen LogP) is 3.66. The molecule has 0 unspecified atom stereocenters. The van der Waals surface area contributed by atoms with Crippen LogP contribution < -0.4 is 0 Å². The third-order valence-electron chi connectivity index (χ3n) is 4.76. The minimum atomic E-state index is -0.549. The van der Waals surface area contributed by atoms with Gasteiger partial charge in [-0.15, -0.1) is 0 Å². The van der Waals surface area contributed by atoms with Crippen LogP contribution in [-0.4, -0.2) is 32.7 Å². The van der Waals surface area contributed by atoms with E-state index >= 15 is 0 Å². The van der Waals surface area contributed by atoms with Crippen molar-refractivity contribution in [3.05, 3.63) is 70.8 Å². The van der Waals surface area contributed by atoms with Gasteiger partial charge < -0.3 is 9.30 Å². The number of benzene rings is 1. The van der Waals surface area contributed by atoms with E-state index in [1.165, 1.54) is 6.20 Å². The molecule has 3 aromatic rings. The Hall–Kier alpha value is -3.15. The number of ketones is 1. The number of aromatic nitrogens is 3. The number of hydrogen-bond acceptors (Lipinski definition) is 4. The molecule has 0 fully saturated rings. The van der Waals surface area contributed by atoms with Gasteiger partial charge in [-0.1, -0.05) is 18.2 Å². The molecular weight excluding hydrogens is 342 g/mol. The zero-order chi connectivity index (χ0) is 19.6. The van der Waals surface area contributed by atoms with E-state index < -0.39 is 5.97 Å². The number of Topliss-reactive ketones (excluding diaryl/α,β-unsaturated/α-hetero) is 1. The fraction of sp³-hybridized carbons (Fsp3) is 0.286. The second kappa shape index (κ2) is 7.61. The van der Waals surface area contributed by atoms with E-state index in [2.05, 4.69) is 9.67 Å². The summed E-state index contributed by atoms with van der Waals surface area (Å²) < 4.78 is 8.99. The average molecular weight is 365 g/mol. The van der Waals surface area contributed by atoms with E-state index in [0.717, 1.165) is 23.6 Å². The van der Waals surface area contributed by atoms with Crippen LogP contribution >= 0.6 is 0 Å². The normalized spacial score (nSPS) is 10.8. The van der Waals surface area contributed by atoms with Crippen LogP contribution in [0.15, 0.2) is 42.6 Å². The fourth-order valence-corrected chi connectivity index (χ4v) is 3.30.